The Morgan fingerprint density at radius 1 is 1.20 bits per heavy atom. The van der Waals surface area contributed by atoms with Crippen LogP contribution in [0.2, 0.25) is 10.0 Å². The van der Waals surface area contributed by atoms with Crippen LogP contribution in [-0.4, -0.2) is 24.4 Å². The first-order valence-corrected chi connectivity index (χ1v) is 9.73. The number of halogens is 2. The van der Waals surface area contributed by atoms with E-state index in [1.807, 2.05) is 18.2 Å². The number of nitrogens with zero attached hydrogens (tertiary/aromatic N) is 1. The second-order valence-electron chi connectivity index (χ2n) is 7.41. The van der Waals surface area contributed by atoms with Crippen molar-refractivity contribution in [1.82, 2.24) is 10.5 Å². The van der Waals surface area contributed by atoms with Crippen LogP contribution in [0.3, 0.4) is 0 Å². The first-order valence-electron chi connectivity index (χ1n) is 8.97. The third kappa shape index (κ3) is 2.80. The van der Waals surface area contributed by atoms with Gasteiger partial charge in [-0.2, -0.15) is 0 Å². The van der Waals surface area contributed by atoms with Crippen molar-refractivity contribution in [3.63, 3.8) is 0 Å². The molecule has 1 N–H and O–H groups in total. The number of rotatable bonds is 5. The van der Waals surface area contributed by atoms with Crippen molar-refractivity contribution < 1.29 is 9.26 Å². The molecule has 0 bridgehead atoms. The van der Waals surface area contributed by atoms with Gasteiger partial charge in [-0.25, -0.2) is 0 Å². The fraction of sp³-hybridized carbons (Fsp3) is 0.526. The van der Waals surface area contributed by atoms with Gasteiger partial charge in [-0.05, 0) is 43.9 Å². The van der Waals surface area contributed by atoms with Crippen LogP contribution in [0.25, 0.3) is 11.3 Å². The van der Waals surface area contributed by atoms with Crippen LogP contribution in [-0.2, 0) is 11.3 Å². The highest BCUT2D eigenvalue weighted by atomic mass is 35.5. The lowest BCUT2D eigenvalue weighted by Gasteiger charge is -2.39. The van der Waals surface area contributed by atoms with Gasteiger partial charge in [-0.3, -0.25) is 0 Å². The highest BCUT2D eigenvalue weighted by Gasteiger charge is 2.45. The summed E-state index contributed by atoms with van der Waals surface area (Å²) in [5, 5.41) is 8.96. The molecular formula is C19H20Cl2N2O2. The molecule has 2 saturated carbocycles. The molecule has 4 nitrogen and oxygen atoms in total. The van der Waals surface area contributed by atoms with Gasteiger partial charge >= 0.3 is 0 Å². The minimum Gasteiger partial charge on any atom is -0.373 e. The predicted octanol–water partition coefficient (Wildman–Crippen LogP) is 4.65. The Morgan fingerprint density at radius 3 is 2.72 bits per heavy atom. The maximum atomic E-state index is 6.40. The maximum Gasteiger partial charge on any atom is 0.145 e. The van der Waals surface area contributed by atoms with Gasteiger partial charge in [-0.15, -0.1) is 0 Å². The molecule has 25 heavy (non-hydrogen) atoms. The third-order valence-electron chi connectivity index (χ3n) is 5.81. The van der Waals surface area contributed by atoms with Crippen LogP contribution in [0, 0.1) is 11.8 Å². The lowest BCUT2D eigenvalue weighted by molar-refractivity contribution is -0.0747. The van der Waals surface area contributed by atoms with Crippen molar-refractivity contribution in [2.75, 3.05) is 13.1 Å². The highest BCUT2D eigenvalue weighted by Crippen LogP contribution is 2.47. The average Bonchev–Trinajstić information content (AvgIpc) is 3.24. The summed E-state index contributed by atoms with van der Waals surface area (Å²) in [6, 6.07) is 5.51. The summed E-state index contributed by atoms with van der Waals surface area (Å²) in [4.78, 5) is 0. The molecule has 6 heteroatoms. The summed E-state index contributed by atoms with van der Waals surface area (Å²) in [5.41, 5.74) is 2.50. The van der Waals surface area contributed by atoms with E-state index in [1.165, 1.54) is 0 Å². The van der Waals surface area contributed by atoms with E-state index in [0.717, 1.165) is 60.9 Å². The molecule has 1 aromatic carbocycles. The van der Waals surface area contributed by atoms with E-state index in [-0.39, 0.29) is 0 Å². The van der Waals surface area contributed by atoms with Gasteiger partial charge in [0.05, 0.1) is 22.8 Å². The molecule has 1 aliphatic heterocycles. The van der Waals surface area contributed by atoms with E-state index in [0.29, 0.717) is 34.6 Å². The Morgan fingerprint density at radius 2 is 2.00 bits per heavy atom. The molecule has 1 saturated heterocycles. The van der Waals surface area contributed by atoms with Gasteiger partial charge < -0.3 is 14.6 Å². The van der Waals surface area contributed by atoms with Crippen molar-refractivity contribution in [1.29, 1.82) is 0 Å². The summed E-state index contributed by atoms with van der Waals surface area (Å²) in [6.45, 7) is 2.71. The van der Waals surface area contributed by atoms with E-state index in [2.05, 4.69) is 10.5 Å². The monoisotopic (exact) mass is 378 g/mol. The quantitative estimate of drug-likeness (QED) is 0.822. The predicted molar refractivity (Wildman–Crippen MR) is 97.0 cm³/mol. The lowest BCUT2D eigenvalue weighted by Crippen LogP contribution is -2.42. The van der Waals surface area contributed by atoms with Crippen LogP contribution in [0.1, 0.15) is 36.5 Å². The molecule has 0 unspecified atom stereocenters. The molecule has 2 heterocycles. The van der Waals surface area contributed by atoms with Crippen LogP contribution >= 0.6 is 23.2 Å². The van der Waals surface area contributed by atoms with E-state index in [9.17, 15) is 0 Å². The summed E-state index contributed by atoms with van der Waals surface area (Å²) >= 11 is 12.8. The SMILES string of the molecule is Clc1cccc(Cl)c1-c1noc(C2CC2)c1CO[C@H]1C[C@H]2CNC[C@H]21. The number of benzene rings is 1. The van der Waals surface area contributed by atoms with E-state index in [1.54, 1.807) is 0 Å². The normalized spacial score (nSPS) is 28.0. The molecular weight excluding hydrogens is 359 g/mol. The highest BCUT2D eigenvalue weighted by molar-refractivity contribution is 6.39. The number of aromatic nitrogens is 1. The van der Waals surface area contributed by atoms with E-state index < -0.39 is 0 Å². The molecule has 0 radical (unpaired) electrons. The molecule has 3 aliphatic rings. The van der Waals surface area contributed by atoms with Crippen LogP contribution < -0.4 is 5.32 Å². The van der Waals surface area contributed by atoms with Gasteiger partial charge in [0, 0.05) is 29.5 Å². The summed E-state index contributed by atoms with van der Waals surface area (Å²) < 4.78 is 12.0. The van der Waals surface area contributed by atoms with Gasteiger partial charge in [-0.1, -0.05) is 34.4 Å². The second kappa shape index (κ2) is 6.27. The van der Waals surface area contributed by atoms with Crippen LogP contribution in [0.15, 0.2) is 22.7 Å². The van der Waals surface area contributed by atoms with Gasteiger partial charge in [0.15, 0.2) is 0 Å². The molecule has 2 aromatic rings. The lowest BCUT2D eigenvalue weighted by atomic mass is 9.73. The number of fused-ring (bicyclic) bond motifs is 1. The number of hydrogen-bond acceptors (Lipinski definition) is 4. The standard InChI is InChI=1S/C19H20Cl2N2O2/c20-14-2-1-3-15(21)17(14)18-13(19(25-23-18)10-4-5-10)9-24-16-6-11-7-22-8-12(11)16/h1-3,10-12,16,22H,4-9H2/t11-,12+,16-/m0/s1. The molecule has 1 aromatic heterocycles. The minimum atomic E-state index is 0.330. The number of hydrogen-bond donors (Lipinski definition) is 1. The Bertz CT molecular complexity index is 782. The molecule has 3 fully saturated rings. The van der Waals surface area contributed by atoms with Crippen molar-refractivity contribution in [3.8, 4) is 11.3 Å². The Kier molecular flexibility index (Phi) is 4.05. The first-order chi connectivity index (χ1) is 12.2. The molecule has 2 aliphatic carbocycles. The number of nitrogens with one attached hydrogen (secondary N) is 1. The zero-order valence-corrected chi connectivity index (χ0v) is 15.3. The van der Waals surface area contributed by atoms with Gasteiger partial charge in [0.1, 0.15) is 11.5 Å². The average molecular weight is 379 g/mol. The Hall–Kier alpha value is -1.07. The fourth-order valence-electron chi connectivity index (χ4n) is 4.15. The molecule has 0 amide bonds. The van der Waals surface area contributed by atoms with Crippen molar-refractivity contribution in [3.05, 3.63) is 39.6 Å². The first kappa shape index (κ1) is 16.1. The van der Waals surface area contributed by atoms with Crippen LogP contribution in [0.5, 0.6) is 0 Å². The topological polar surface area (TPSA) is 47.3 Å². The minimum absolute atomic E-state index is 0.330. The van der Waals surface area contributed by atoms with Crippen molar-refractivity contribution >= 4 is 23.2 Å². The summed E-state index contributed by atoms with van der Waals surface area (Å²) in [6.07, 6.45) is 3.77. The number of ether oxygens (including phenoxy) is 1. The zero-order valence-electron chi connectivity index (χ0n) is 13.8. The van der Waals surface area contributed by atoms with E-state index in [4.69, 9.17) is 32.5 Å². The van der Waals surface area contributed by atoms with Crippen molar-refractivity contribution in [2.24, 2.45) is 11.8 Å². The fourth-order valence-corrected chi connectivity index (χ4v) is 4.73. The molecule has 0 spiro atoms. The molecule has 3 atom stereocenters. The largest absolute Gasteiger partial charge is 0.373 e. The van der Waals surface area contributed by atoms with Gasteiger partial charge in [0.2, 0.25) is 0 Å². The van der Waals surface area contributed by atoms with Crippen LogP contribution in [0.4, 0.5) is 0 Å². The van der Waals surface area contributed by atoms with Crippen molar-refractivity contribution in [2.45, 2.75) is 37.9 Å². The molecule has 5 rings (SSSR count). The second-order valence-corrected chi connectivity index (χ2v) is 8.23. The summed E-state index contributed by atoms with van der Waals surface area (Å²) in [5.74, 6) is 2.85. The zero-order chi connectivity index (χ0) is 17.0. The summed E-state index contributed by atoms with van der Waals surface area (Å²) in [7, 11) is 0. The van der Waals surface area contributed by atoms with Gasteiger partial charge in [0.25, 0.3) is 0 Å². The van der Waals surface area contributed by atoms with E-state index >= 15 is 0 Å². The molecule has 132 valence electrons. The third-order valence-corrected chi connectivity index (χ3v) is 6.44. The maximum absolute atomic E-state index is 6.40. The Balaban J connectivity index is 1.44. The smallest absolute Gasteiger partial charge is 0.145 e. The Labute approximate surface area is 156 Å².